The predicted molar refractivity (Wildman–Crippen MR) is 86.3 cm³/mol. The van der Waals surface area contributed by atoms with E-state index in [-0.39, 0.29) is 25.5 Å². The van der Waals surface area contributed by atoms with Gasteiger partial charge in [0.25, 0.3) is 0 Å². The Bertz CT molecular complexity index is 569. The summed E-state index contributed by atoms with van der Waals surface area (Å²) in [5.41, 5.74) is 6.76. The minimum absolute atomic E-state index is 0.0374. The van der Waals surface area contributed by atoms with Gasteiger partial charge in [0.1, 0.15) is 18.5 Å². The lowest BCUT2D eigenvalue weighted by Gasteiger charge is -2.17. The van der Waals surface area contributed by atoms with Gasteiger partial charge in [-0.25, -0.2) is 9.59 Å². The standard InChI is InChI=1S/C16H21N3O4/c1-3-9-23-16(21)19-13(15(20)22-4-2)10-11-5-7-12(8-6-11)14(17)18/h3,5-8,13H,1,4,9-10H2,2H3,(H3,17,18)(H,19,21)/t13-/m0/s1. The van der Waals surface area contributed by atoms with Crippen LogP contribution in [0.1, 0.15) is 18.1 Å². The molecule has 1 aromatic carbocycles. The third kappa shape index (κ3) is 6.21. The van der Waals surface area contributed by atoms with E-state index >= 15 is 0 Å². The minimum atomic E-state index is -0.865. The van der Waals surface area contributed by atoms with Gasteiger partial charge in [0.15, 0.2) is 0 Å². The average Bonchev–Trinajstić information content (AvgIpc) is 2.53. The molecule has 0 aliphatic heterocycles. The van der Waals surface area contributed by atoms with E-state index < -0.39 is 18.1 Å². The Labute approximate surface area is 135 Å². The first-order valence-electron chi connectivity index (χ1n) is 7.12. The molecule has 7 heteroatoms. The number of amidine groups is 1. The van der Waals surface area contributed by atoms with E-state index in [0.29, 0.717) is 5.56 Å². The minimum Gasteiger partial charge on any atom is -0.464 e. The van der Waals surface area contributed by atoms with Crippen molar-refractivity contribution in [1.82, 2.24) is 5.32 Å². The normalized spacial score (nSPS) is 11.2. The van der Waals surface area contributed by atoms with E-state index in [1.807, 2.05) is 0 Å². The molecule has 0 aliphatic carbocycles. The fourth-order valence-corrected chi connectivity index (χ4v) is 1.81. The van der Waals surface area contributed by atoms with E-state index in [0.717, 1.165) is 5.56 Å². The first-order valence-corrected chi connectivity index (χ1v) is 7.12. The highest BCUT2D eigenvalue weighted by molar-refractivity contribution is 5.94. The van der Waals surface area contributed by atoms with Crippen molar-refractivity contribution in [2.45, 2.75) is 19.4 Å². The number of esters is 1. The van der Waals surface area contributed by atoms with Gasteiger partial charge in [-0.05, 0) is 12.5 Å². The topological polar surface area (TPSA) is 115 Å². The van der Waals surface area contributed by atoms with Crippen LogP contribution in [0.3, 0.4) is 0 Å². The predicted octanol–water partition coefficient (Wildman–Crippen LogP) is 1.36. The van der Waals surface area contributed by atoms with Crippen LogP contribution in [0.5, 0.6) is 0 Å². The maximum atomic E-state index is 12.0. The Morgan fingerprint density at radius 1 is 1.35 bits per heavy atom. The first kappa shape index (κ1) is 18.2. The molecule has 0 fully saturated rings. The molecule has 7 nitrogen and oxygen atoms in total. The van der Waals surface area contributed by atoms with Gasteiger partial charge in [0.2, 0.25) is 0 Å². The fourth-order valence-electron chi connectivity index (χ4n) is 1.81. The summed E-state index contributed by atoms with van der Waals surface area (Å²) in [6, 6.07) is 5.96. The van der Waals surface area contributed by atoms with Crippen molar-refractivity contribution in [2.75, 3.05) is 13.2 Å². The molecular weight excluding hydrogens is 298 g/mol. The Kier molecular flexibility index (Phi) is 7.32. The monoisotopic (exact) mass is 319 g/mol. The third-order valence-corrected chi connectivity index (χ3v) is 2.90. The van der Waals surface area contributed by atoms with Gasteiger partial charge in [0, 0.05) is 12.0 Å². The van der Waals surface area contributed by atoms with Crippen LogP contribution in [0.15, 0.2) is 36.9 Å². The highest BCUT2D eigenvalue weighted by Gasteiger charge is 2.23. The summed E-state index contributed by atoms with van der Waals surface area (Å²) in [7, 11) is 0. The fraction of sp³-hybridized carbons (Fsp3) is 0.312. The van der Waals surface area contributed by atoms with Gasteiger partial charge in [-0.15, -0.1) is 0 Å². The molecule has 0 aromatic heterocycles. The van der Waals surface area contributed by atoms with Crippen LogP contribution >= 0.6 is 0 Å². The van der Waals surface area contributed by atoms with Crippen LogP contribution in [-0.4, -0.2) is 37.2 Å². The summed E-state index contributed by atoms with van der Waals surface area (Å²) in [5, 5.41) is 9.82. The van der Waals surface area contributed by atoms with Crippen LogP contribution in [0.4, 0.5) is 4.79 Å². The number of carbonyl (C=O) groups excluding carboxylic acids is 2. The van der Waals surface area contributed by atoms with Crippen LogP contribution < -0.4 is 11.1 Å². The summed E-state index contributed by atoms with van der Waals surface area (Å²) in [6.45, 7) is 5.39. The molecule has 1 atom stereocenters. The Balaban J connectivity index is 2.78. The van der Waals surface area contributed by atoms with Gasteiger partial charge in [0.05, 0.1) is 6.61 Å². The molecule has 1 rings (SSSR count). The quantitative estimate of drug-likeness (QED) is 0.290. The largest absolute Gasteiger partial charge is 0.464 e. The summed E-state index contributed by atoms with van der Waals surface area (Å²) in [6.07, 6.45) is 0.947. The highest BCUT2D eigenvalue weighted by Crippen LogP contribution is 2.08. The zero-order chi connectivity index (χ0) is 17.2. The smallest absolute Gasteiger partial charge is 0.408 e. The molecule has 1 amide bonds. The SMILES string of the molecule is C=CCOC(=O)N[C@@H](Cc1ccc(C(=N)N)cc1)C(=O)OCC. The van der Waals surface area contributed by atoms with E-state index in [2.05, 4.69) is 11.9 Å². The number of rotatable bonds is 8. The molecule has 1 aromatic rings. The zero-order valence-corrected chi connectivity index (χ0v) is 13.0. The summed E-state index contributed by atoms with van der Waals surface area (Å²) >= 11 is 0. The van der Waals surface area contributed by atoms with Crippen molar-refractivity contribution in [3.8, 4) is 0 Å². The number of benzene rings is 1. The summed E-state index contributed by atoms with van der Waals surface area (Å²) in [5.74, 6) is -0.580. The van der Waals surface area contributed by atoms with Crippen molar-refractivity contribution in [3.63, 3.8) is 0 Å². The van der Waals surface area contributed by atoms with Crippen molar-refractivity contribution >= 4 is 17.9 Å². The molecule has 0 heterocycles. The van der Waals surface area contributed by atoms with Gasteiger partial charge in [-0.3, -0.25) is 5.41 Å². The number of hydrogen-bond donors (Lipinski definition) is 3. The van der Waals surface area contributed by atoms with Crippen molar-refractivity contribution in [3.05, 3.63) is 48.0 Å². The van der Waals surface area contributed by atoms with Crippen molar-refractivity contribution in [1.29, 1.82) is 5.41 Å². The Morgan fingerprint density at radius 2 is 2.00 bits per heavy atom. The number of amides is 1. The maximum Gasteiger partial charge on any atom is 0.408 e. The number of ether oxygens (including phenoxy) is 2. The van der Waals surface area contributed by atoms with Crippen molar-refractivity contribution in [2.24, 2.45) is 5.73 Å². The number of alkyl carbamates (subject to hydrolysis) is 1. The number of nitrogen functional groups attached to an aromatic ring is 1. The second-order valence-corrected chi connectivity index (χ2v) is 4.65. The maximum absolute atomic E-state index is 12.0. The van der Waals surface area contributed by atoms with Crippen LogP contribution in [-0.2, 0) is 20.7 Å². The van der Waals surface area contributed by atoms with Gasteiger partial charge in [-0.1, -0.05) is 36.9 Å². The Morgan fingerprint density at radius 3 is 2.52 bits per heavy atom. The third-order valence-electron chi connectivity index (χ3n) is 2.90. The van der Waals surface area contributed by atoms with E-state index in [1.54, 1.807) is 31.2 Å². The molecule has 0 spiro atoms. The summed E-state index contributed by atoms with van der Waals surface area (Å²) in [4.78, 5) is 23.6. The van der Waals surface area contributed by atoms with Gasteiger partial charge >= 0.3 is 12.1 Å². The number of hydrogen-bond acceptors (Lipinski definition) is 5. The van der Waals surface area contributed by atoms with Crippen LogP contribution in [0.25, 0.3) is 0 Å². The Hall–Kier alpha value is -2.83. The average molecular weight is 319 g/mol. The summed E-state index contributed by atoms with van der Waals surface area (Å²) < 4.78 is 9.78. The van der Waals surface area contributed by atoms with Gasteiger partial charge < -0.3 is 20.5 Å². The second-order valence-electron chi connectivity index (χ2n) is 4.65. The number of carbonyl (C=O) groups is 2. The van der Waals surface area contributed by atoms with E-state index in [9.17, 15) is 9.59 Å². The number of nitrogens with two attached hydrogens (primary N) is 1. The van der Waals surface area contributed by atoms with Crippen molar-refractivity contribution < 1.29 is 19.1 Å². The molecule has 4 N–H and O–H groups in total. The van der Waals surface area contributed by atoms with E-state index in [1.165, 1.54) is 6.08 Å². The van der Waals surface area contributed by atoms with Gasteiger partial charge in [-0.2, -0.15) is 0 Å². The zero-order valence-electron chi connectivity index (χ0n) is 13.0. The molecule has 124 valence electrons. The van der Waals surface area contributed by atoms with Crippen LogP contribution in [0.2, 0.25) is 0 Å². The molecule has 0 aliphatic rings. The lowest BCUT2D eigenvalue weighted by Crippen LogP contribution is -2.43. The molecule has 0 saturated heterocycles. The molecule has 0 unspecified atom stereocenters. The van der Waals surface area contributed by atoms with Crippen LogP contribution in [0, 0.1) is 5.41 Å². The first-order chi connectivity index (χ1) is 11.0. The molecule has 0 bridgehead atoms. The second kappa shape index (κ2) is 9.24. The molecule has 0 saturated carbocycles. The lowest BCUT2D eigenvalue weighted by molar-refractivity contribution is -0.145. The molecular formula is C16H21N3O4. The molecule has 23 heavy (non-hydrogen) atoms. The number of nitrogens with one attached hydrogen (secondary N) is 2. The van der Waals surface area contributed by atoms with E-state index in [4.69, 9.17) is 20.6 Å². The lowest BCUT2D eigenvalue weighted by atomic mass is 10.0. The molecule has 0 radical (unpaired) electrons. The highest BCUT2D eigenvalue weighted by atomic mass is 16.6.